The molecule has 9 nitrogen and oxygen atoms in total. The van der Waals surface area contributed by atoms with Crippen LogP contribution in [-0.4, -0.2) is 70.4 Å². The summed E-state index contributed by atoms with van der Waals surface area (Å²) in [6.07, 6.45) is 17.2. The number of nitrogens with zero attached hydrogens (tertiary/aromatic N) is 5. The number of ether oxygens (including phenoxy) is 1. The first-order chi connectivity index (χ1) is 17.3. The summed E-state index contributed by atoms with van der Waals surface area (Å²) < 4.78 is 7.63. The first-order valence-electron chi connectivity index (χ1n) is 12.2. The molecule has 0 aliphatic carbocycles. The molecule has 0 spiro atoms. The topological polar surface area (TPSA) is 92.2 Å². The summed E-state index contributed by atoms with van der Waals surface area (Å²) in [5, 5.41) is 10.4. The Hall–Kier alpha value is -3.45. The van der Waals surface area contributed by atoms with E-state index in [0.29, 0.717) is 23.2 Å². The number of nitrogens with one attached hydrogen (secondary N) is 3. The second kappa shape index (κ2) is 11.3. The van der Waals surface area contributed by atoms with E-state index in [1.165, 1.54) is 18.4 Å². The Bertz CT molecular complexity index is 1140. The van der Waals surface area contributed by atoms with Crippen LogP contribution in [0.2, 0.25) is 0 Å². The zero-order valence-electron chi connectivity index (χ0n) is 19.9. The third-order valence-corrected chi connectivity index (χ3v) is 6.46. The van der Waals surface area contributed by atoms with Crippen LogP contribution in [0.5, 0.6) is 0 Å². The van der Waals surface area contributed by atoms with Crippen LogP contribution in [0.1, 0.15) is 24.1 Å². The van der Waals surface area contributed by atoms with Crippen LogP contribution < -0.4 is 16.0 Å². The molecule has 2 fully saturated rings. The smallest absolute Gasteiger partial charge is 0.150 e. The summed E-state index contributed by atoms with van der Waals surface area (Å²) in [6, 6.07) is 4.21. The van der Waals surface area contributed by atoms with E-state index in [1.54, 1.807) is 12.4 Å². The second-order valence-corrected chi connectivity index (χ2v) is 9.05. The van der Waals surface area contributed by atoms with Crippen molar-refractivity contribution in [2.75, 3.05) is 56.6 Å². The Labute approximate surface area is 206 Å². The van der Waals surface area contributed by atoms with E-state index in [0.717, 1.165) is 63.9 Å². The lowest BCUT2D eigenvalue weighted by Gasteiger charge is -2.26. The standard InChI is InChI=1S/C26H32N8O/c1-2-22-15-30-26(17-28-22)32-25-12-23(29-14-20-4-3-6-27-13-20)24(16-31-25)34-7-5-21(19-34)18-33-8-10-35-11-9-33/h1,5,7,12,15-17,19-20,27H,3-4,6,8-11,13-14,18H2,(H2,29,30,31,32). The van der Waals surface area contributed by atoms with Gasteiger partial charge in [-0.25, -0.2) is 15.0 Å². The van der Waals surface area contributed by atoms with Crippen LogP contribution in [0.4, 0.5) is 17.3 Å². The van der Waals surface area contributed by atoms with Crippen molar-refractivity contribution in [1.82, 2.24) is 29.7 Å². The zero-order chi connectivity index (χ0) is 23.9. The summed E-state index contributed by atoms with van der Waals surface area (Å²) in [7, 11) is 0. The highest BCUT2D eigenvalue weighted by atomic mass is 16.5. The number of hydrogen-bond donors (Lipinski definition) is 3. The molecule has 1 unspecified atom stereocenters. The average molecular weight is 473 g/mol. The fourth-order valence-corrected chi connectivity index (χ4v) is 4.52. The maximum absolute atomic E-state index is 5.48. The Morgan fingerprint density at radius 2 is 2.03 bits per heavy atom. The Kier molecular flexibility index (Phi) is 7.53. The van der Waals surface area contributed by atoms with Gasteiger partial charge in [0.2, 0.25) is 0 Å². The molecule has 1 atom stereocenters. The highest BCUT2D eigenvalue weighted by Gasteiger charge is 2.16. The van der Waals surface area contributed by atoms with Gasteiger partial charge in [0.15, 0.2) is 0 Å². The number of anilines is 3. The van der Waals surface area contributed by atoms with E-state index in [4.69, 9.17) is 11.2 Å². The normalized spacial score (nSPS) is 18.7. The first-order valence-corrected chi connectivity index (χ1v) is 12.2. The predicted octanol–water partition coefficient (Wildman–Crippen LogP) is 2.63. The van der Waals surface area contributed by atoms with Crippen LogP contribution in [0.15, 0.2) is 43.1 Å². The summed E-state index contributed by atoms with van der Waals surface area (Å²) in [5.41, 5.74) is 3.82. The molecule has 0 bridgehead atoms. The van der Waals surface area contributed by atoms with Crippen LogP contribution in [0.3, 0.4) is 0 Å². The molecule has 2 aliphatic rings. The third kappa shape index (κ3) is 6.17. The van der Waals surface area contributed by atoms with Crippen molar-refractivity contribution in [3.63, 3.8) is 0 Å². The van der Waals surface area contributed by atoms with Gasteiger partial charge >= 0.3 is 0 Å². The zero-order valence-corrected chi connectivity index (χ0v) is 19.9. The minimum Gasteiger partial charge on any atom is -0.383 e. The molecular weight excluding hydrogens is 440 g/mol. The molecule has 3 aromatic heterocycles. The third-order valence-electron chi connectivity index (χ3n) is 6.46. The van der Waals surface area contributed by atoms with Crippen molar-refractivity contribution in [3.05, 3.63) is 54.4 Å². The van der Waals surface area contributed by atoms with E-state index in [9.17, 15) is 0 Å². The van der Waals surface area contributed by atoms with E-state index < -0.39 is 0 Å². The Morgan fingerprint density at radius 1 is 1.14 bits per heavy atom. The maximum atomic E-state index is 5.48. The maximum Gasteiger partial charge on any atom is 0.150 e. The number of morpholine rings is 1. The van der Waals surface area contributed by atoms with Gasteiger partial charge in [0.1, 0.15) is 17.3 Å². The van der Waals surface area contributed by atoms with E-state index in [-0.39, 0.29) is 0 Å². The highest BCUT2D eigenvalue weighted by Crippen LogP contribution is 2.26. The van der Waals surface area contributed by atoms with Gasteiger partial charge in [0.05, 0.1) is 43.2 Å². The van der Waals surface area contributed by atoms with Gasteiger partial charge in [-0.3, -0.25) is 4.90 Å². The van der Waals surface area contributed by atoms with E-state index in [1.807, 2.05) is 12.3 Å². The molecule has 182 valence electrons. The lowest BCUT2D eigenvalue weighted by molar-refractivity contribution is 0.0342. The summed E-state index contributed by atoms with van der Waals surface area (Å²) in [5.74, 6) is 4.38. The number of hydrogen-bond acceptors (Lipinski definition) is 8. The summed E-state index contributed by atoms with van der Waals surface area (Å²) in [6.45, 7) is 7.54. The van der Waals surface area contributed by atoms with Crippen molar-refractivity contribution in [3.8, 4) is 18.0 Å². The lowest BCUT2D eigenvalue weighted by atomic mass is 10.00. The van der Waals surface area contributed by atoms with E-state index >= 15 is 0 Å². The highest BCUT2D eigenvalue weighted by molar-refractivity contribution is 5.67. The SMILES string of the molecule is C#Cc1cnc(Nc2cc(NCC3CCCNC3)c(-n3ccc(CN4CCOCC4)c3)cn2)cn1. The number of aromatic nitrogens is 4. The molecular formula is C26H32N8O. The molecule has 0 radical (unpaired) electrons. The minimum absolute atomic E-state index is 0.503. The summed E-state index contributed by atoms with van der Waals surface area (Å²) in [4.78, 5) is 15.6. The van der Waals surface area contributed by atoms with Gasteiger partial charge in [0.25, 0.3) is 0 Å². The van der Waals surface area contributed by atoms with Crippen molar-refractivity contribution < 1.29 is 4.74 Å². The molecule has 2 saturated heterocycles. The van der Waals surface area contributed by atoms with E-state index in [2.05, 4.69) is 64.7 Å². The fourth-order valence-electron chi connectivity index (χ4n) is 4.52. The van der Waals surface area contributed by atoms with Crippen LogP contribution in [-0.2, 0) is 11.3 Å². The van der Waals surface area contributed by atoms with Crippen LogP contribution in [0, 0.1) is 18.3 Å². The number of pyridine rings is 1. The van der Waals surface area contributed by atoms with Crippen molar-refractivity contribution in [2.24, 2.45) is 5.92 Å². The van der Waals surface area contributed by atoms with Gasteiger partial charge in [0, 0.05) is 44.6 Å². The fraction of sp³-hybridized carbons (Fsp3) is 0.423. The molecule has 0 saturated carbocycles. The molecule has 3 N–H and O–H groups in total. The average Bonchev–Trinajstić information content (AvgIpc) is 3.37. The molecule has 3 aromatic rings. The Morgan fingerprint density at radius 3 is 2.80 bits per heavy atom. The summed E-state index contributed by atoms with van der Waals surface area (Å²) >= 11 is 0. The van der Waals surface area contributed by atoms with Crippen molar-refractivity contribution >= 4 is 17.3 Å². The molecule has 35 heavy (non-hydrogen) atoms. The lowest BCUT2D eigenvalue weighted by Crippen LogP contribution is -2.35. The van der Waals surface area contributed by atoms with Crippen LogP contribution in [0.25, 0.3) is 5.69 Å². The molecule has 5 heterocycles. The van der Waals surface area contributed by atoms with Gasteiger partial charge in [-0.2, -0.15) is 0 Å². The van der Waals surface area contributed by atoms with Crippen molar-refractivity contribution in [2.45, 2.75) is 19.4 Å². The minimum atomic E-state index is 0.503. The number of piperidine rings is 1. The first kappa shape index (κ1) is 23.3. The molecule has 0 aromatic carbocycles. The number of terminal acetylenes is 1. The predicted molar refractivity (Wildman–Crippen MR) is 137 cm³/mol. The quantitative estimate of drug-likeness (QED) is 0.431. The second-order valence-electron chi connectivity index (χ2n) is 9.05. The van der Waals surface area contributed by atoms with Gasteiger partial charge < -0.3 is 25.3 Å². The largest absolute Gasteiger partial charge is 0.383 e. The van der Waals surface area contributed by atoms with Crippen LogP contribution >= 0.6 is 0 Å². The number of rotatable bonds is 8. The molecule has 5 rings (SSSR count). The van der Waals surface area contributed by atoms with Crippen molar-refractivity contribution in [1.29, 1.82) is 0 Å². The molecule has 2 aliphatic heterocycles. The molecule has 0 amide bonds. The van der Waals surface area contributed by atoms with Gasteiger partial charge in [-0.1, -0.05) is 0 Å². The monoisotopic (exact) mass is 472 g/mol. The van der Waals surface area contributed by atoms with Gasteiger partial charge in [-0.15, -0.1) is 6.42 Å². The molecule has 9 heteroatoms. The van der Waals surface area contributed by atoms with Gasteiger partial charge in [-0.05, 0) is 49.4 Å². The Balaban J connectivity index is 1.35.